The van der Waals surface area contributed by atoms with Crippen molar-refractivity contribution < 1.29 is 13.2 Å². The molecule has 31 heavy (non-hydrogen) atoms. The Hall–Kier alpha value is -2.00. The molecule has 2 aromatic rings. The lowest BCUT2D eigenvalue weighted by atomic mass is 10.00. The van der Waals surface area contributed by atoms with Gasteiger partial charge in [-0.2, -0.15) is 18.2 Å². The summed E-state index contributed by atoms with van der Waals surface area (Å²) in [5, 5.41) is 3.20. The van der Waals surface area contributed by atoms with Gasteiger partial charge in [-0.25, -0.2) is 4.98 Å². The summed E-state index contributed by atoms with van der Waals surface area (Å²) in [5.41, 5.74) is 1.26. The van der Waals surface area contributed by atoms with E-state index >= 15 is 0 Å². The van der Waals surface area contributed by atoms with Crippen LogP contribution in [0.1, 0.15) is 56.6 Å². The van der Waals surface area contributed by atoms with Crippen LogP contribution in [0.25, 0.3) is 0 Å². The molecule has 1 aliphatic carbocycles. The lowest BCUT2D eigenvalue weighted by Gasteiger charge is -2.33. The van der Waals surface area contributed by atoms with Gasteiger partial charge in [-0.1, -0.05) is 13.8 Å². The third-order valence-corrected chi connectivity index (χ3v) is 6.57. The number of nitrogens with one attached hydrogen (secondary N) is 2. The maximum Gasteiger partial charge on any atom is 0.421 e. The van der Waals surface area contributed by atoms with Crippen LogP contribution in [0.4, 0.5) is 30.6 Å². The number of hydrogen-bond donors (Lipinski definition) is 2. The normalized spacial score (nSPS) is 19.5. The second-order valence-corrected chi connectivity index (χ2v) is 9.33. The topological polar surface area (TPSA) is 53.1 Å². The van der Waals surface area contributed by atoms with E-state index in [4.69, 9.17) is 0 Å². The van der Waals surface area contributed by atoms with Gasteiger partial charge in [0.15, 0.2) is 0 Å². The first-order valence-corrected chi connectivity index (χ1v) is 11.7. The zero-order valence-electron chi connectivity index (χ0n) is 17.8. The molecule has 1 saturated carbocycles. The van der Waals surface area contributed by atoms with E-state index in [0.29, 0.717) is 24.9 Å². The summed E-state index contributed by atoms with van der Waals surface area (Å²) in [5.74, 6) is 0.991. The van der Waals surface area contributed by atoms with Crippen LogP contribution in [-0.4, -0.2) is 29.6 Å². The second-order valence-electron chi connectivity index (χ2n) is 8.37. The molecule has 4 rings (SSSR count). The SMILES string of the molecule is CCNSc1ccc(Nc2ncc(C(F)(F)F)c(N3CCCC(C)C3)n2)c(C2CC2)c1. The second kappa shape index (κ2) is 9.24. The molecule has 2 aliphatic rings. The maximum atomic E-state index is 13.6. The summed E-state index contributed by atoms with van der Waals surface area (Å²) in [7, 11) is 0. The van der Waals surface area contributed by atoms with E-state index in [1.807, 2.05) is 19.1 Å². The molecule has 1 aromatic carbocycles. The van der Waals surface area contributed by atoms with Crippen molar-refractivity contribution in [3.05, 3.63) is 35.5 Å². The van der Waals surface area contributed by atoms with E-state index in [1.54, 1.807) is 16.8 Å². The maximum absolute atomic E-state index is 13.6. The molecule has 0 bridgehead atoms. The lowest BCUT2D eigenvalue weighted by Crippen LogP contribution is -2.36. The molecular formula is C22H28F3N5S. The Morgan fingerprint density at radius 1 is 1.23 bits per heavy atom. The van der Waals surface area contributed by atoms with Gasteiger partial charge in [0.1, 0.15) is 11.4 Å². The van der Waals surface area contributed by atoms with Crippen molar-refractivity contribution >= 4 is 29.4 Å². The minimum absolute atomic E-state index is 0.0242. The first kappa shape index (κ1) is 22.2. The summed E-state index contributed by atoms with van der Waals surface area (Å²) in [6.07, 6.45) is 0.552. The lowest BCUT2D eigenvalue weighted by molar-refractivity contribution is -0.137. The molecule has 0 spiro atoms. The predicted octanol–water partition coefficient (Wildman–Crippen LogP) is 5.97. The van der Waals surface area contributed by atoms with Gasteiger partial charge in [-0.3, -0.25) is 4.72 Å². The molecule has 1 atom stereocenters. The van der Waals surface area contributed by atoms with Crippen LogP contribution in [-0.2, 0) is 6.18 Å². The van der Waals surface area contributed by atoms with Crippen LogP contribution < -0.4 is 14.9 Å². The van der Waals surface area contributed by atoms with Gasteiger partial charge in [0.25, 0.3) is 0 Å². The number of hydrogen-bond acceptors (Lipinski definition) is 6. The summed E-state index contributed by atoms with van der Waals surface area (Å²) in [4.78, 5) is 11.2. The highest BCUT2D eigenvalue weighted by Crippen LogP contribution is 2.45. The minimum Gasteiger partial charge on any atom is -0.356 e. The molecule has 2 N–H and O–H groups in total. The van der Waals surface area contributed by atoms with Gasteiger partial charge in [0.2, 0.25) is 5.95 Å². The van der Waals surface area contributed by atoms with Crippen LogP contribution in [0, 0.1) is 5.92 Å². The van der Waals surface area contributed by atoms with Gasteiger partial charge in [0.05, 0.1) is 0 Å². The van der Waals surface area contributed by atoms with Crippen LogP contribution in [0.3, 0.4) is 0 Å². The Morgan fingerprint density at radius 2 is 2.03 bits per heavy atom. The first-order valence-electron chi connectivity index (χ1n) is 10.8. The minimum atomic E-state index is -4.49. The molecule has 2 heterocycles. The van der Waals surface area contributed by atoms with E-state index in [9.17, 15) is 13.2 Å². The average molecular weight is 452 g/mol. The van der Waals surface area contributed by atoms with Gasteiger partial charge < -0.3 is 10.2 Å². The predicted molar refractivity (Wildman–Crippen MR) is 119 cm³/mol. The number of benzene rings is 1. The van der Waals surface area contributed by atoms with Crippen molar-refractivity contribution in [3.8, 4) is 0 Å². The van der Waals surface area contributed by atoms with Crippen molar-refractivity contribution in [3.63, 3.8) is 0 Å². The highest BCUT2D eigenvalue weighted by atomic mass is 32.2. The van der Waals surface area contributed by atoms with Gasteiger partial charge in [-0.15, -0.1) is 0 Å². The molecule has 1 saturated heterocycles. The Balaban J connectivity index is 1.63. The van der Waals surface area contributed by atoms with Gasteiger partial charge >= 0.3 is 6.18 Å². The fraction of sp³-hybridized carbons (Fsp3) is 0.545. The molecule has 0 amide bonds. The number of rotatable bonds is 7. The Labute approximate surface area is 185 Å². The Bertz CT molecular complexity index is 917. The van der Waals surface area contributed by atoms with E-state index < -0.39 is 11.7 Å². The zero-order chi connectivity index (χ0) is 22.0. The molecule has 9 heteroatoms. The van der Waals surface area contributed by atoms with Crippen LogP contribution in [0.5, 0.6) is 0 Å². The molecule has 2 fully saturated rings. The molecule has 168 valence electrons. The number of anilines is 3. The third kappa shape index (κ3) is 5.44. The van der Waals surface area contributed by atoms with Crippen LogP contribution in [0.15, 0.2) is 29.3 Å². The fourth-order valence-corrected chi connectivity index (χ4v) is 4.62. The summed E-state index contributed by atoms with van der Waals surface area (Å²) < 4.78 is 44.2. The van der Waals surface area contributed by atoms with E-state index in [1.165, 1.54) is 5.56 Å². The van der Waals surface area contributed by atoms with Crippen molar-refractivity contribution in [2.24, 2.45) is 5.92 Å². The number of aromatic nitrogens is 2. The molecular weight excluding hydrogens is 423 g/mol. The quantitative estimate of drug-likeness (QED) is 0.506. The van der Waals surface area contributed by atoms with Crippen LogP contribution >= 0.6 is 11.9 Å². The summed E-state index contributed by atoms with van der Waals surface area (Å²) >= 11 is 1.58. The third-order valence-electron chi connectivity index (χ3n) is 5.65. The van der Waals surface area contributed by atoms with Crippen molar-refractivity contribution in [1.82, 2.24) is 14.7 Å². The van der Waals surface area contributed by atoms with Gasteiger partial charge in [0, 0.05) is 36.4 Å². The largest absolute Gasteiger partial charge is 0.421 e. The molecule has 5 nitrogen and oxygen atoms in total. The standard InChI is InChI=1S/C22H28F3N5S/c1-3-27-31-16-8-9-19(17(11-16)15-6-7-15)28-21-26-12-18(22(23,24)25)20(29-21)30-10-4-5-14(2)13-30/h8-9,11-12,14-15,27H,3-7,10,13H2,1-2H3,(H,26,28,29). The number of halogens is 3. The molecule has 0 radical (unpaired) electrons. The first-order chi connectivity index (χ1) is 14.8. The van der Waals surface area contributed by atoms with Crippen molar-refractivity contribution in [2.75, 3.05) is 29.9 Å². The fourth-order valence-electron chi connectivity index (χ4n) is 3.98. The average Bonchev–Trinajstić information content (AvgIpc) is 3.57. The smallest absolute Gasteiger partial charge is 0.356 e. The van der Waals surface area contributed by atoms with Crippen molar-refractivity contribution in [2.45, 2.75) is 56.5 Å². The number of piperidine rings is 1. The van der Waals surface area contributed by atoms with E-state index in [2.05, 4.69) is 33.0 Å². The molecule has 1 aliphatic heterocycles. The Morgan fingerprint density at radius 3 is 2.71 bits per heavy atom. The van der Waals surface area contributed by atoms with Crippen molar-refractivity contribution in [1.29, 1.82) is 0 Å². The van der Waals surface area contributed by atoms with Crippen LogP contribution in [0.2, 0.25) is 0 Å². The summed E-state index contributed by atoms with van der Waals surface area (Å²) in [6, 6.07) is 6.11. The monoisotopic (exact) mass is 451 g/mol. The molecule has 1 aromatic heterocycles. The number of alkyl halides is 3. The van der Waals surface area contributed by atoms with E-state index in [0.717, 1.165) is 49.0 Å². The highest BCUT2D eigenvalue weighted by molar-refractivity contribution is 7.97. The van der Waals surface area contributed by atoms with E-state index in [-0.39, 0.29) is 11.8 Å². The number of nitrogens with zero attached hydrogens (tertiary/aromatic N) is 3. The summed E-state index contributed by atoms with van der Waals surface area (Å²) in [6.45, 7) is 6.12. The Kier molecular flexibility index (Phi) is 6.62. The van der Waals surface area contributed by atoms with Gasteiger partial charge in [-0.05, 0) is 73.2 Å². The molecule has 1 unspecified atom stereocenters. The highest BCUT2D eigenvalue weighted by Gasteiger charge is 2.37. The zero-order valence-corrected chi connectivity index (χ0v) is 18.6.